The van der Waals surface area contributed by atoms with Crippen LogP contribution in [0.15, 0.2) is 59.6 Å². The summed E-state index contributed by atoms with van der Waals surface area (Å²) in [4.78, 5) is 11.5. The number of amidine groups is 1. The molecule has 11 heteroatoms. The summed E-state index contributed by atoms with van der Waals surface area (Å²) in [7, 11) is 8.34. The van der Waals surface area contributed by atoms with Crippen molar-refractivity contribution in [1.29, 1.82) is 5.26 Å². The SMILES string of the molecule is COCC1=N[C@@]2(O)[C@H](CN(C)C)[C@@H](c3cccc(F)c3)[C@]3(c4ccc(C#N)cc4)Oc4cc(OC)nc(OC)c4[C@]23N1. The molecule has 2 aromatic carbocycles. The van der Waals surface area contributed by atoms with Crippen LogP contribution >= 0.6 is 0 Å². The van der Waals surface area contributed by atoms with Gasteiger partial charge in [-0.05, 0) is 49.5 Å². The second-order valence-corrected chi connectivity index (χ2v) is 11.1. The van der Waals surface area contributed by atoms with E-state index in [0.29, 0.717) is 40.4 Å². The highest BCUT2D eigenvalue weighted by atomic mass is 19.1. The van der Waals surface area contributed by atoms with Gasteiger partial charge in [-0.1, -0.05) is 24.3 Å². The van der Waals surface area contributed by atoms with E-state index in [1.807, 2.05) is 37.2 Å². The molecule has 0 radical (unpaired) electrons. The number of hydrogen-bond acceptors (Lipinski definition) is 10. The van der Waals surface area contributed by atoms with Crippen molar-refractivity contribution in [3.05, 3.63) is 82.7 Å². The summed E-state index contributed by atoms with van der Waals surface area (Å²) in [5.74, 6) is -0.492. The maximum Gasteiger partial charge on any atom is 0.226 e. The van der Waals surface area contributed by atoms with Gasteiger partial charge < -0.3 is 34.3 Å². The van der Waals surface area contributed by atoms with Crippen molar-refractivity contribution in [2.75, 3.05) is 48.6 Å². The molecule has 1 spiro atoms. The molecule has 6 rings (SSSR count). The summed E-state index contributed by atoms with van der Waals surface area (Å²) in [6.45, 7) is 0.460. The molecule has 1 aliphatic carbocycles. The van der Waals surface area contributed by atoms with Crippen molar-refractivity contribution < 1.29 is 28.4 Å². The molecule has 0 saturated heterocycles. The Bertz CT molecular complexity index is 1610. The van der Waals surface area contributed by atoms with E-state index in [0.717, 1.165) is 0 Å². The maximum atomic E-state index is 15.0. The molecule has 3 aliphatic rings. The van der Waals surface area contributed by atoms with Crippen LogP contribution < -0.4 is 19.5 Å². The molecule has 3 heterocycles. The molecule has 0 amide bonds. The largest absolute Gasteiger partial charge is 0.481 e. The first-order valence-corrected chi connectivity index (χ1v) is 13.5. The minimum Gasteiger partial charge on any atom is -0.481 e. The zero-order chi connectivity index (χ0) is 29.9. The Hall–Kier alpha value is -4.24. The number of nitrogens with one attached hydrogen (secondary N) is 1. The van der Waals surface area contributed by atoms with Gasteiger partial charge in [0, 0.05) is 31.6 Å². The number of nitrogens with zero attached hydrogens (tertiary/aromatic N) is 4. The number of benzene rings is 2. The van der Waals surface area contributed by atoms with Gasteiger partial charge in [-0.3, -0.25) is 0 Å². The number of aliphatic imine (C=N–C) groups is 1. The molecule has 42 heavy (non-hydrogen) atoms. The van der Waals surface area contributed by atoms with Gasteiger partial charge in [0.2, 0.25) is 11.8 Å². The van der Waals surface area contributed by atoms with E-state index < -0.39 is 34.5 Å². The van der Waals surface area contributed by atoms with E-state index in [1.54, 1.807) is 31.4 Å². The molecule has 1 saturated carbocycles. The summed E-state index contributed by atoms with van der Waals surface area (Å²) in [5.41, 5.74) is -2.64. The summed E-state index contributed by atoms with van der Waals surface area (Å²) in [6, 6.07) is 17.2. The monoisotopic (exact) mass is 573 g/mol. The molecule has 1 fully saturated rings. The lowest BCUT2D eigenvalue weighted by Crippen LogP contribution is -2.63. The van der Waals surface area contributed by atoms with Crippen LogP contribution in [-0.2, 0) is 15.9 Å². The van der Waals surface area contributed by atoms with Crippen LogP contribution in [0.5, 0.6) is 17.5 Å². The predicted octanol–water partition coefficient (Wildman–Crippen LogP) is 2.90. The summed E-state index contributed by atoms with van der Waals surface area (Å²) >= 11 is 0. The highest BCUT2D eigenvalue weighted by Gasteiger charge is 2.85. The van der Waals surface area contributed by atoms with E-state index in [1.165, 1.54) is 26.4 Å². The normalized spacial score (nSPS) is 28.7. The number of fused-ring (bicyclic) bond motifs is 1. The van der Waals surface area contributed by atoms with Gasteiger partial charge in [-0.15, -0.1) is 0 Å². The minimum atomic E-state index is -1.86. The topological polar surface area (TPSA) is 121 Å². The minimum absolute atomic E-state index is 0.0913. The van der Waals surface area contributed by atoms with Crippen molar-refractivity contribution in [3.8, 4) is 23.6 Å². The Balaban J connectivity index is 1.78. The number of aromatic nitrogens is 1. The molecule has 3 aromatic rings. The average Bonchev–Trinajstić information content (AvgIpc) is 3.50. The average molecular weight is 574 g/mol. The predicted molar refractivity (Wildman–Crippen MR) is 151 cm³/mol. The lowest BCUT2D eigenvalue weighted by atomic mass is 9.68. The molecule has 2 aliphatic heterocycles. The quantitative estimate of drug-likeness (QED) is 0.419. The summed E-state index contributed by atoms with van der Waals surface area (Å²) in [5, 5.41) is 26.3. The third-order valence-corrected chi connectivity index (χ3v) is 8.57. The van der Waals surface area contributed by atoms with Gasteiger partial charge in [0.25, 0.3) is 0 Å². The molecule has 0 bridgehead atoms. The number of pyridine rings is 1. The number of hydrogen-bond donors (Lipinski definition) is 2. The van der Waals surface area contributed by atoms with Crippen LogP contribution in [0.4, 0.5) is 4.39 Å². The van der Waals surface area contributed by atoms with Gasteiger partial charge in [-0.2, -0.15) is 10.2 Å². The van der Waals surface area contributed by atoms with Gasteiger partial charge in [-0.25, -0.2) is 9.38 Å². The van der Waals surface area contributed by atoms with Crippen LogP contribution in [0.1, 0.15) is 28.2 Å². The van der Waals surface area contributed by atoms with Crippen LogP contribution in [0.3, 0.4) is 0 Å². The van der Waals surface area contributed by atoms with Crippen molar-refractivity contribution >= 4 is 5.84 Å². The Kier molecular flexibility index (Phi) is 6.61. The lowest BCUT2D eigenvalue weighted by molar-refractivity contribution is -0.0809. The second-order valence-electron chi connectivity index (χ2n) is 11.1. The lowest BCUT2D eigenvalue weighted by Gasteiger charge is -2.44. The molecule has 2 N–H and O–H groups in total. The van der Waals surface area contributed by atoms with Crippen LogP contribution in [0.25, 0.3) is 0 Å². The van der Waals surface area contributed by atoms with E-state index in [-0.39, 0.29) is 18.4 Å². The number of halogens is 1. The first-order chi connectivity index (χ1) is 20.2. The van der Waals surface area contributed by atoms with Crippen LogP contribution in [-0.4, -0.2) is 75.1 Å². The zero-order valence-corrected chi connectivity index (χ0v) is 24.0. The molecular formula is C31H32FN5O5. The number of rotatable bonds is 8. The summed E-state index contributed by atoms with van der Waals surface area (Å²) in [6.07, 6.45) is 0. The van der Waals surface area contributed by atoms with Crippen LogP contribution in [0.2, 0.25) is 0 Å². The fourth-order valence-electron chi connectivity index (χ4n) is 7.25. The second kappa shape index (κ2) is 9.94. The fraction of sp³-hybridized carbons (Fsp3) is 0.387. The van der Waals surface area contributed by atoms with Gasteiger partial charge in [0.05, 0.1) is 31.4 Å². The molecule has 0 unspecified atom stereocenters. The molecule has 10 nitrogen and oxygen atoms in total. The first-order valence-electron chi connectivity index (χ1n) is 13.5. The third kappa shape index (κ3) is 3.59. The Labute approximate surface area is 243 Å². The van der Waals surface area contributed by atoms with E-state index in [2.05, 4.69) is 16.4 Å². The Morgan fingerprint density at radius 3 is 2.50 bits per heavy atom. The standard InChI is InChI=1S/C31H32FN5O5/c1-37(2)16-22-26(19-7-6-8-21(32)13-19)29(20-11-9-18(15-33)10-12-20)30(31(22,38)36-24(35-30)17-39-3)27-23(42-29)14-25(40-4)34-28(27)41-5/h6-14,22,26,38H,16-17H2,1-5H3,(H,35,36)/t22-,26-,29+,30-,31-/m1/s1. The molecule has 218 valence electrons. The van der Waals surface area contributed by atoms with E-state index in [4.69, 9.17) is 23.9 Å². The molecular weight excluding hydrogens is 541 g/mol. The van der Waals surface area contributed by atoms with Crippen molar-refractivity contribution in [1.82, 2.24) is 15.2 Å². The number of ether oxygens (including phenoxy) is 4. The fourth-order valence-corrected chi connectivity index (χ4v) is 7.25. The number of aliphatic hydroxyl groups is 1. The smallest absolute Gasteiger partial charge is 0.226 e. The van der Waals surface area contributed by atoms with E-state index >= 15 is 0 Å². The Morgan fingerprint density at radius 2 is 1.88 bits per heavy atom. The van der Waals surface area contributed by atoms with Gasteiger partial charge in [0.1, 0.15) is 24.0 Å². The summed E-state index contributed by atoms with van der Waals surface area (Å²) < 4.78 is 38.8. The van der Waals surface area contributed by atoms with Crippen molar-refractivity contribution in [2.24, 2.45) is 10.9 Å². The number of nitriles is 1. The maximum absolute atomic E-state index is 15.0. The van der Waals surface area contributed by atoms with Gasteiger partial charge >= 0.3 is 0 Å². The molecule has 5 atom stereocenters. The van der Waals surface area contributed by atoms with E-state index in [9.17, 15) is 14.8 Å². The third-order valence-electron chi connectivity index (χ3n) is 8.57. The highest BCUT2D eigenvalue weighted by molar-refractivity contribution is 5.89. The molecule has 1 aromatic heterocycles. The first kappa shape index (κ1) is 27.9. The van der Waals surface area contributed by atoms with Crippen LogP contribution in [0, 0.1) is 23.1 Å². The highest BCUT2D eigenvalue weighted by Crippen LogP contribution is 2.74. The zero-order valence-electron chi connectivity index (χ0n) is 24.0. The Morgan fingerprint density at radius 1 is 1.12 bits per heavy atom. The number of methoxy groups -OCH3 is 3. The van der Waals surface area contributed by atoms with Gasteiger partial charge in [0.15, 0.2) is 16.9 Å². The van der Waals surface area contributed by atoms with Crippen molar-refractivity contribution in [2.45, 2.75) is 22.8 Å². The van der Waals surface area contributed by atoms with Crippen molar-refractivity contribution in [3.63, 3.8) is 0 Å².